The Bertz CT molecular complexity index is 832. The van der Waals surface area contributed by atoms with Gasteiger partial charge in [0.2, 0.25) is 0 Å². The van der Waals surface area contributed by atoms with Gasteiger partial charge >= 0.3 is 5.97 Å². The Morgan fingerprint density at radius 1 is 0.680 bits per heavy atom. The summed E-state index contributed by atoms with van der Waals surface area (Å²) in [4.78, 5) is 12.6. The summed E-state index contributed by atoms with van der Waals surface area (Å²) < 4.78 is 6.15. The summed E-state index contributed by atoms with van der Waals surface area (Å²) in [6, 6.07) is 30.4. The SMILES string of the molecule is CC1(c2ccccc2)CC(=O)OC1(c1ccccc1)c1ccccc1. The fraction of sp³-hybridized carbons (Fsp3) is 0.174. The van der Waals surface area contributed by atoms with Gasteiger partial charge < -0.3 is 4.74 Å². The molecular weight excluding hydrogens is 308 g/mol. The van der Waals surface area contributed by atoms with E-state index in [2.05, 4.69) is 19.1 Å². The Balaban J connectivity index is 2.04. The zero-order valence-electron chi connectivity index (χ0n) is 14.2. The number of carbonyl (C=O) groups excluding carboxylic acids is 1. The minimum atomic E-state index is -0.839. The molecule has 2 nitrogen and oxygen atoms in total. The predicted molar refractivity (Wildman–Crippen MR) is 98.2 cm³/mol. The van der Waals surface area contributed by atoms with Gasteiger partial charge in [0.05, 0.1) is 11.8 Å². The molecule has 124 valence electrons. The van der Waals surface area contributed by atoms with Crippen LogP contribution in [0.2, 0.25) is 0 Å². The first-order valence-corrected chi connectivity index (χ1v) is 8.55. The Morgan fingerprint density at radius 2 is 1.08 bits per heavy atom. The van der Waals surface area contributed by atoms with Crippen LogP contribution in [0.3, 0.4) is 0 Å². The Hall–Kier alpha value is -2.87. The molecule has 3 aromatic rings. The van der Waals surface area contributed by atoms with Gasteiger partial charge in [-0.15, -0.1) is 0 Å². The minimum absolute atomic E-state index is 0.168. The number of cyclic esters (lactones) is 1. The first kappa shape index (κ1) is 15.6. The van der Waals surface area contributed by atoms with Crippen molar-refractivity contribution in [2.45, 2.75) is 24.4 Å². The van der Waals surface area contributed by atoms with E-state index in [0.29, 0.717) is 6.42 Å². The summed E-state index contributed by atoms with van der Waals surface area (Å²) in [5.41, 5.74) is 1.77. The highest BCUT2D eigenvalue weighted by Gasteiger charge is 2.60. The van der Waals surface area contributed by atoms with Crippen LogP contribution >= 0.6 is 0 Å². The van der Waals surface area contributed by atoms with Crippen molar-refractivity contribution in [1.82, 2.24) is 0 Å². The molecule has 0 saturated carbocycles. The molecule has 1 aliphatic heterocycles. The lowest BCUT2D eigenvalue weighted by Crippen LogP contribution is -2.45. The molecule has 3 aromatic carbocycles. The topological polar surface area (TPSA) is 26.3 Å². The molecule has 0 aliphatic carbocycles. The van der Waals surface area contributed by atoms with Crippen LogP contribution in [0.25, 0.3) is 0 Å². The molecule has 1 aliphatic rings. The van der Waals surface area contributed by atoms with Crippen molar-refractivity contribution in [3.8, 4) is 0 Å². The minimum Gasteiger partial charge on any atom is -0.448 e. The average molecular weight is 328 g/mol. The Kier molecular flexibility index (Phi) is 3.69. The van der Waals surface area contributed by atoms with Gasteiger partial charge in [0, 0.05) is 11.1 Å². The summed E-state index contributed by atoms with van der Waals surface area (Å²) in [7, 11) is 0. The highest BCUT2D eigenvalue weighted by Crippen LogP contribution is 2.56. The molecule has 1 atom stereocenters. The van der Waals surface area contributed by atoms with Gasteiger partial charge in [-0.05, 0) is 5.56 Å². The molecule has 0 aromatic heterocycles. The molecule has 0 radical (unpaired) electrons. The summed E-state index contributed by atoms with van der Waals surface area (Å²) in [5.74, 6) is -0.168. The Morgan fingerprint density at radius 3 is 1.52 bits per heavy atom. The fourth-order valence-electron chi connectivity index (χ4n) is 4.11. The lowest BCUT2D eigenvalue weighted by Gasteiger charge is -2.42. The molecule has 0 spiro atoms. The number of benzene rings is 3. The maximum absolute atomic E-state index is 12.6. The number of esters is 1. The van der Waals surface area contributed by atoms with E-state index in [1.54, 1.807) is 0 Å². The zero-order chi connectivity index (χ0) is 17.3. The third-order valence-corrected chi connectivity index (χ3v) is 5.31. The van der Waals surface area contributed by atoms with Crippen molar-refractivity contribution in [2.75, 3.05) is 0 Å². The highest BCUT2D eigenvalue weighted by atomic mass is 16.6. The second-order valence-corrected chi connectivity index (χ2v) is 6.76. The lowest BCUT2D eigenvalue weighted by atomic mass is 9.62. The molecular formula is C23H20O2. The third-order valence-electron chi connectivity index (χ3n) is 5.31. The van der Waals surface area contributed by atoms with E-state index in [1.807, 2.05) is 78.9 Å². The second-order valence-electron chi connectivity index (χ2n) is 6.76. The van der Waals surface area contributed by atoms with E-state index in [1.165, 1.54) is 0 Å². The van der Waals surface area contributed by atoms with Crippen LogP contribution in [0, 0.1) is 0 Å². The summed E-state index contributed by atoms with van der Waals surface area (Å²) in [5, 5.41) is 0. The molecule has 0 bridgehead atoms. The largest absolute Gasteiger partial charge is 0.448 e. The number of hydrogen-bond acceptors (Lipinski definition) is 2. The van der Waals surface area contributed by atoms with Gasteiger partial charge in [-0.25, -0.2) is 0 Å². The maximum Gasteiger partial charge on any atom is 0.308 e. The van der Waals surface area contributed by atoms with E-state index in [-0.39, 0.29) is 5.97 Å². The molecule has 1 heterocycles. The van der Waals surface area contributed by atoms with E-state index < -0.39 is 11.0 Å². The monoisotopic (exact) mass is 328 g/mol. The van der Waals surface area contributed by atoms with E-state index in [9.17, 15) is 4.79 Å². The summed E-state index contributed by atoms with van der Waals surface area (Å²) in [6.45, 7) is 2.13. The van der Waals surface area contributed by atoms with E-state index in [0.717, 1.165) is 16.7 Å². The smallest absolute Gasteiger partial charge is 0.308 e. The average Bonchev–Trinajstić information content (AvgIpc) is 2.96. The van der Waals surface area contributed by atoms with E-state index >= 15 is 0 Å². The van der Waals surface area contributed by atoms with E-state index in [4.69, 9.17) is 4.74 Å². The quantitative estimate of drug-likeness (QED) is 0.643. The van der Waals surface area contributed by atoms with Crippen molar-refractivity contribution in [3.05, 3.63) is 108 Å². The number of ether oxygens (including phenoxy) is 1. The first-order valence-electron chi connectivity index (χ1n) is 8.55. The van der Waals surface area contributed by atoms with Crippen LogP contribution in [0.5, 0.6) is 0 Å². The van der Waals surface area contributed by atoms with Crippen molar-refractivity contribution in [3.63, 3.8) is 0 Å². The molecule has 0 N–H and O–H groups in total. The van der Waals surface area contributed by atoms with Gasteiger partial charge in [-0.1, -0.05) is 97.9 Å². The van der Waals surface area contributed by atoms with Gasteiger partial charge in [-0.2, -0.15) is 0 Å². The number of carbonyl (C=O) groups is 1. The fourth-order valence-corrected chi connectivity index (χ4v) is 4.11. The van der Waals surface area contributed by atoms with Crippen molar-refractivity contribution >= 4 is 5.97 Å². The zero-order valence-corrected chi connectivity index (χ0v) is 14.2. The summed E-state index contributed by atoms with van der Waals surface area (Å²) in [6.07, 6.45) is 0.348. The van der Waals surface area contributed by atoms with Crippen molar-refractivity contribution in [2.24, 2.45) is 0 Å². The van der Waals surface area contributed by atoms with Crippen LogP contribution in [0.1, 0.15) is 30.0 Å². The molecule has 1 fully saturated rings. The van der Waals surface area contributed by atoms with Crippen LogP contribution in [0.4, 0.5) is 0 Å². The second kappa shape index (κ2) is 5.89. The lowest BCUT2D eigenvalue weighted by molar-refractivity contribution is -0.147. The van der Waals surface area contributed by atoms with Gasteiger partial charge in [0.15, 0.2) is 5.60 Å². The van der Waals surface area contributed by atoms with Crippen LogP contribution in [-0.2, 0) is 20.5 Å². The molecule has 25 heavy (non-hydrogen) atoms. The molecule has 1 unspecified atom stereocenters. The molecule has 2 heteroatoms. The van der Waals surface area contributed by atoms with Crippen LogP contribution in [-0.4, -0.2) is 5.97 Å². The van der Waals surface area contributed by atoms with Crippen molar-refractivity contribution in [1.29, 1.82) is 0 Å². The molecule has 4 rings (SSSR count). The molecule has 0 amide bonds. The Labute approximate surface area is 148 Å². The normalized spacial score (nSPS) is 21.7. The van der Waals surface area contributed by atoms with Crippen LogP contribution in [0.15, 0.2) is 91.0 Å². The number of hydrogen-bond donors (Lipinski definition) is 0. The number of rotatable bonds is 3. The first-order chi connectivity index (χ1) is 12.2. The van der Waals surface area contributed by atoms with Gasteiger partial charge in [-0.3, -0.25) is 4.79 Å². The van der Waals surface area contributed by atoms with Crippen LogP contribution < -0.4 is 0 Å². The van der Waals surface area contributed by atoms with Crippen molar-refractivity contribution < 1.29 is 9.53 Å². The maximum atomic E-state index is 12.6. The molecule has 1 saturated heterocycles. The third kappa shape index (κ3) is 2.29. The standard InChI is InChI=1S/C23H20O2/c1-22(18-11-5-2-6-12-18)17-21(24)25-23(22,19-13-7-3-8-14-19)20-15-9-4-10-16-20/h2-16H,17H2,1H3. The van der Waals surface area contributed by atoms with Gasteiger partial charge in [0.25, 0.3) is 0 Å². The summed E-state index contributed by atoms with van der Waals surface area (Å²) >= 11 is 0. The predicted octanol–water partition coefficient (Wildman–Crippen LogP) is 4.84. The van der Waals surface area contributed by atoms with Gasteiger partial charge in [0.1, 0.15) is 0 Å². The highest BCUT2D eigenvalue weighted by molar-refractivity contribution is 5.78.